The fourth-order valence-corrected chi connectivity index (χ4v) is 6.46. The molecule has 188 valence electrons. The van der Waals surface area contributed by atoms with Gasteiger partial charge in [-0.05, 0) is 43.4 Å². The summed E-state index contributed by atoms with van der Waals surface area (Å²) in [6.07, 6.45) is 5.02. The summed E-state index contributed by atoms with van der Waals surface area (Å²) in [5.74, 6) is 0.227. The highest BCUT2D eigenvalue weighted by Crippen LogP contribution is 2.40. The number of likely N-dealkylation sites (tertiary alicyclic amines) is 1. The van der Waals surface area contributed by atoms with Crippen LogP contribution in [0.3, 0.4) is 0 Å². The Hall–Kier alpha value is -2.90. The molecule has 4 aliphatic rings. The fraction of sp³-hybridized carbons (Fsp3) is 0.464. The number of ether oxygens (including phenoxy) is 1. The number of carbonyl (C=O) groups excluding carboxylic acids is 3. The lowest BCUT2D eigenvalue weighted by Gasteiger charge is -2.48. The van der Waals surface area contributed by atoms with E-state index >= 15 is 0 Å². The van der Waals surface area contributed by atoms with Crippen LogP contribution in [-0.2, 0) is 16.1 Å². The lowest BCUT2D eigenvalue weighted by atomic mass is 9.84. The van der Waals surface area contributed by atoms with Crippen LogP contribution in [0.5, 0.6) is 5.75 Å². The largest absolute Gasteiger partial charge is 0.487 e. The van der Waals surface area contributed by atoms with Gasteiger partial charge in [-0.25, -0.2) is 0 Å². The molecule has 0 aromatic heterocycles. The SMILES string of the molecule is O=C1CC[C@H](N2Cc3c(ccc(O[C@@H]4CCCC[C@H]4N4CC(c5ccccc5)C4)c3Cl)C2=O)C(=O)N1. The average molecular weight is 508 g/mol. The minimum atomic E-state index is -0.658. The summed E-state index contributed by atoms with van der Waals surface area (Å²) in [6.45, 7) is 2.33. The van der Waals surface area contributed by atoms with Crippen molar-refractivity contribution in [1.29, 1.82) is 0 Å². The smallest absolute Gasteiger partial charge is 0.255 e. The van der Waals surface area contributed by atoms with Gasteiger partial charge in [-0.3, -0.25) is 24.6 Å². The number of halogens is 1. The molecule has 2 saturated heterocycles. The number of hydrogen-bond donors (Lipinski definition) is 1. The number of hydrogen-bond acceptors (Lipinski definition) is 5. The second-order valence-corrected chi connectivity index (χ2v) is 10.8. The van der Waals surface area contributed by atoms with Crippen molar-refractivity contribution >= 4 is 29.3 Å². The first-order valence-corrected chi connectivity index (χ1v) is 13.3. The third-order valence-electron chi connectivity index (χ3n) is 8.21. The van der Waals surface area contributed by atoms with Crippen molar-refractivity contribution in [2.45, 2.75) is 69.2 Å². The summed E-state index contributed by atoms with van der Waals surface area (Å²) in [6, 6.07) is 13.9. The van der Waals surface area contributed by atoms with Crippen LogP contribution in [0.2, 0.25) is 5.02 Å². The normalized spacial score (nSPS) is 27.0. The first-order valence-electron chi connectivity index (χ1n) is 12.9. The van der Waals surface area contributed by atoms with Gasteiger partial charge in [-0.15, -0.1) is 0 Å². The Labute approximate surface area is 215 Å². The number of piperidine rings is 1. The summed E-state index contributed by atoms with van der Waals surface area (Å²) in [4.78, 5) is 41.0. The fourth-order valence-electron chi connectivity index (χ4n) is 6.19. The Morgan fingerprint density at radius 2 is 1.72 bits per heavy atom. The molecule has 3 fully saturated rings. The summed E-state index contributed by atoms with van der Waals surface area (Å²) >= 11 is 6.81. The molecule has 3 aliphatic heterocycles. The maximum absolute atomic E-state index is 13.1. The first-order chi connectivity index (χ1) is 17.5. The van der Waals surface area contributed by atoms with Crippen LogP contribution in [0.1, 0.15) is 65.9 Å². The van der Waals surface area contributed by atoms with Crippen LogP contribution in [0.4, 0.5) is 0 Å². The van der Waals surface area contributed by atoms with Gasteiger partial charge in [0.15, 0.2) is 0 Å². The highest BCUT2D eigenvalue weighted by atomic mass is 35.5. The number of rotatable bonds is 5. The number of imide groups is 1. The zero-order chi connectivity index (χ0) is 24.8. The van der Waals surface area contributed by atoms with E-state index in [0.717, 1.165) is 32.4 Å². The Kier molecular flexibility index (Phi) is 6.21. The lowest BCUT2D eigenvalue weighted by Crippen LogP contribution is -2.57. The van der Waals surface area contributed by atoms with E-state index in [0.29, 0.717) is 40.3 Å². The number of carbonyl (C=O) groups is 3. The summed E-state index contributed by atoms with van der Waals surface area (Å²) in [5.41, 5.74) is 2.60. The molecule has 8 heteroatoms. The molecule has 3 heterocycles. The first kappa shape index (κ1) is 23.5. The number of amides is 3. The number of benzene rings is 2. The topological polar surface area (TPSA) is 79.0 Å². The summed E-state index contributed by atoms with van der Waals surface area (Å²) in [5, 5.41) is 2.79. The Balaban J connectivity index is 1.16. The van der Waals surface area contributed by atoms with Crippen LogP contribution in [-0.4, -0.2) is 58.8 Å². The number of nitrogens with zero attached hydrogens (tertiary/aromatic N) is 2. The quantitative estimate of drug-likeness (QED) is 0.621. The molecule has 3 amide bonds. The van der Waals surface area contributed by atoms with Gasteiger partial charge in [-0.2, -0.15) is 0 Å². The van der Waals surface area contributed by atoms with Gasteiger partial charge in [0.2, 0.25) is 11.8 Å². The Morgan fingerprint density at radius 3 is 2.50 bits per heavy atom. The van der Waals surface area contributed by atoms with Crippen molar-refractivity contribution in [2.24, 2.45) is 0 Å². The predicted octanol–water partition coefficient (Wildman–Crippen LogP) is 3.89. The zero-order valence-corrected chi connectivity index (χ0v) is 20.9. The third kappa shape index (κ3) is 4.18. The summed E-state index contributed by atoms with van der Waals surface area (Å²) in [7, 11) is 0. The van der Waals surface area contributed by atoms with Gasteiger partial charge in [0, 0.05) is 49.1 Å². The molecule has 2 aromatic carbocycles. The summed E-state index contributed by atoms with van der Waals surface area (Å²) < 4.78 is 6.55. The van der Waals surface area contributed by atoms with E-state index in [1.807, 2.05) is 0 Å². The molecule has 7 nitrogen and oxygen atoms in total. The van der Waals surface area contributed by atoms with E-state index < -0.39 is 11.9 Å². The van der Waals surface area contributed by atoms with Crippen molar-refractivity contribution in [1.82, 2.24) is 15.1 Å². The highest BCUT2D eigenvalue weighted by Gasteiger charge is 2.42. The molecule has 0 bridgehead atoms. The predicted molar refractivity (Wildman–Crippen MR) is 135 cm³/mol. The van der Waals surface area contributed by atoms with Crippen LogP contribution < -0.4 is 10.1 Å². The van der Waals surface area contributed by atoms with E-state index in [4.69, 9.17) is 16.3 Å². The van der Waals surface area contributed by atoms with E-state index in [1.54, 1.807) is 12.1 Å². The third-order valence-corrected chi connectivity index (χ3v) is 8.62. The van der Waals surface area contributed by atoms with Crippen molar-refractivity contribution in [2.75, 3.05) is 13.1 Å². The molecule has 0 radical (unpaired) electrons. The van der Waals surface area contributed by atoms with Crippen LogP contribution in [0, 0.1) is 0 Å². The monoisotopic (exact) mass is 507 g/mol. The molecule has 1 N–H and O–H groups in total. The van der Waals surface area contributed by atoms with Crippen molar-refractivity contribution in [3.05, 3.63) is 64.2 Å². The number of nitrogens with one attached hydrogen (secondary N) is 1. The van der Waals surface area contributed by atoms with E-state index in [-0.39, 0.29) is 30.9 Å². The van der Waals surface area contributed by atoms with Gasteiger partial charge in [0.25, 0.3) is 5.91 Å². The molecule has 0 spiro atoms. The van der Waals surface area contributed by atoms with Crippen molar-refractivity contribution in [3.63, 3.8) is 0 Å². The molecular formula is C28H30ClN3O4. The van der Waals surface area contributed by atoms with Gasteiger partial charge in [0.05, 0.1) is 5.02 Å². The van der Waals surface area contributed by atoms with Crippen LogP contribution in [0.25, 0.3) is 0 Å². The standard InChI is InChI=1S/C28H30ClN3O4/c29-26-20-16-32(22-11-13-25(33)30-27(22)34)28(35)19(20)10-12-24(26)36-23-9-5-4-8-21(23)31-14-18(15-31)17-6-2-1-3-7-17/h1-3,6-7,10,12,18,21-23H,4-5,8-9,11,13-16H2,(H,30,33,34)/t21-,22+,23-/m1/s1. The molecule has 6 rings (SSSR count). The van der Waals surface area contributed by atoms with Gasteiger partial charge < -0.3 is 9.64 Å². The van der Waals surface area contributed by atoms with Crippen LogP contribution in [0.15, 0.2) is 42.5 Å². The molecule has 1 saturated carbocycles. The molecule has 36 heavy (non-hydrogen) atoms. The van der Waals surface area contributed by atoms with E-state index in [2.05, 4.69) is 40.5 Å². The maximum Gasteiger partial charge on any atom is 0.255 e. The van der Waals surface area contributed by atoms with Crippen molar-refractivity contribution < 1.29 is 19.1 Å². The molecule has 1 aliphatic carbocycles. The highest BCUT2D eigenvalue weighted by molar-refractivity contribution is 6.33. The number of fused-ring (bicyclic) bond motifs is 1. The minimum absolute atomic E-state index is 0.0503. The second-order valence-electron chi connectivity index (χ2n) is 10.4. The second kappa shape index (κ2) is 9.52. The van der Waals surface area contributed by atoms with Crippen molar-refractivity contribution in [3.8, 4) is 5.75 Å². The lowest BCUT2D eigenvalue weighted by molar-refractivity contribution is -0.136. The Morgan fingerprint density at radius 1 is 0.944 bits per heavy atom. The molecule has 3 atom stereocenters. The maximum atomic E-state index is 13.1. The van der Waals surface area contributed by atoms with Gasteiger partial charge >= 0.3 is 0 Å². The average Bonchev–Trinajstić information content (AvgIpc) is 3.18. The zero-order valence-electron chi connectivity index (χ0n) is 20.1. The van der Waals surface area contributed by atoms with Crippen LogP contribution >= 0.6 is 11.6 Å². The molecule has 0 unspecified atom stereocenters. The van der Waals surface area contributed by atoms with Gasteiger partial charge in [0.1, 0.15) is 17.9 Å². The van der Waals surface area contributed by atoms with Gasteiger partial charge in [-0.1, -0.05) is 48.4 Å². The molecule has 2 aromatic rings. The Bertz CT molecular complexity index is 1200. The minimum Gasteiger partial charge on any atom is -0.487 e. The van der Waals surface area contributed by atoms with E-state index in [1.165, 1.54) is 16.9 Å². The van der Waals surface area contributed by atoms with E-state index in [9.17, 15) is 14.4 Å². The molecular weight excluding hydrogens is 478 g/mol.